The van der Waals surface area contributed by atoms with Crippen molar-refractivity contribution in [3.8, 4) is 0 Å². The topological polar surface area (TPSA) is 36.4 Å². The third kappa shape index (κ3) is 3.79. The van der Waals surface area contributed by atoms with Crippen LogP contribution in [0.25, 0.3) is 0 Å². The minimum absolute atomic E-state index is 0.163. The molecule has 138 valence electrons. The van der Waals surface area contributed by atoms with Gasteiger partial charge in [0.2, 0.25) is 0 Å². The molecular weight excluding hydrogens is 350 g/mol. The molecule has 1 aliphatic rings. The van der Waals surface area contributed by atoms with Crippen LogP contribution in [0.1, 0.15) is 21.6 Å². The highest BCUT2D eigenvalue weighted by molar-refractivity contribution is 5.92. The van der Waals surface area contributed by atoms with Crippen LogP contribution < -0.4 is 4.90 Å². The number of carbonyl (C=O) groups excluding carboxylic acids is 1. The van der Waals surface area contributed by atoms with Crippen LogP contribution in [-0.4, -0.2) is 42.0 Å². The highest BCUT2D eigenvalue weighted by atomic mass is 19.4. The van der Waals surface area contributed by atoms with E-state index < -0.39 is 17.6 Å². The van der Waals surface area contributed by atoms with Gasteiger partial charge in [-0.15, -0.1) is 0 Å². The van der Waals surface area contributed by atoms with E-state index in [-0.39, 0.29) is 11.6 Å². The summed E-state index contributed by atoms with van der Waals surface area (Å²) in [4.78, 5) is 19.7. The van der Waals surface area contributed by atoms with Crippen molar-refractivity contribution in [3.05, 3.63) is 59.2 Å². The molecule has 1 aliphatic heterocycles. The number of pyridine rings is 1. The van der Waals surface area contributed by atoms with E-state index in [1.165, 1.54) is 12.1 Å². The molecule has 1 fully saturated rings. The van der Waals surface area contributed by atoms with Crippen LogP contribution >= 0.6 is 0 Å². The Labute approximate surface area is 148 Å². The molecule has 2 heterocycles. The normalized spacial score (nSPS) is 15.3. The number of aryl methyl sites for hydroxylation is 1. The van der Waals surface area contributed by atoms with Crippen molar-refractivity contribution in [1.82, 2.24) is 9.88 Å². The lowest BCUT2D eigenvalue weighted by molar-refractivity contribution is -0.137. The Morgan fingerprint density at radius 3 is 2.42 bits per heavy atom. The van der Waals surface area contributed by atoms with Crippen molar-refractivity contribution in [2.75, 3.05) is 31.1 Å². The first kappa shape index (κ1) is 18.2. The summed E-state index contributed by atoms with van der Waals surface area (Å²) in [6, 6.07) is 6.55. The van der Waals surface area contributed by atoms with Crippen molar-refractivity contribution < 1.29 is 22.4 Å². The molecule has 26 heavy (non-hydrogen) atoms. The van der Waals surface area contributed by atoms with Crippen LogP contribution in [0.4, 0.5) is 23.2 Å². The second-order valence-corrected chi connectivity index (χ2v) is 6.15. The van der Waals surface area contributed by atoms with Gasteiger partial charge in [0.05, 0.1) is 11.8 Å². The van der Waals surface area contributed by atoms with Crippen LogP contribution in [0, 0.1) is 12.7 Å². The second kappa shape index (κ2) is 6.93. The molecule has 0 radical (unpaired) electrons. The van der Waals surface area contributed by atoms with Gasteiger partial charge in [0.1, 0.15) is 11.5 Å². The molecule has 4 nitrogen and oxygen atoms in total. The van der Waals surface area contributed by atoms with Crippen LogP contribution in [0.3, 0.4) is 0 Å². The highest BCUT2D eigenvalue weighted by Gasteiger charge is 2.31. The standard InChI is InChI=1S/C18H17F4N3O/c1-12-9-16(23-11-15(12)19)17(26)25-7-5-24(6-8-25)14-4-2-3-13(10-14)18(20,21)22/h2-4,9-11H,5-8H2,1H3. The van der Waals surface area contributed by atoms with Crippen LogP contribution in [0.15, 0.2) is 36.5 Å². The Balaban J connectivity index is 1.67. The molecule has 0 spiro atoms. The van der Waals surface area contributed by atoms with Crippen molar-refractivity contribution in [2.45, 2.75) is 13.1 Å². The van der Waals surface area contributed by atoms with E-state index in [2.05, 4.69) is 4.98 Å². The molecule has 3 rings (SSSR count). The SMILES string of the molecule is Cc1cc(C(=O)N2CCN(c3cccc(C(F)(F)F)c3)CC2)ncc1F. The monoisotopic (exact) mass is 367 g/mol. The molecular formula is C18H17F4N3O. The van der Waals surface area contributed by atoms with Crippen molar-refractivity contribution in [3.63, 3.8) is 0 Å². The zero-order valence-corrected chi connectivity index (χ0v) is 14.1. The van der Waals surface area contributed by atoms with Gasteiger partial charge in [0, 0.05) is 31.9 Å². The summed E-state index contributed by atoms with van der Waals surface area (Å²) in [5.41, 5.74) is 0.282. The van der Waals surface area contributed by atoms with Gasteiger partial charge in [-0.1, -0.05) is 6.07 Å². The van der Waals surface area contributed by atoms with E-state index >= 15 is 0 Å². The van der Waals surface area contributed by atoms with Gasteiger partial charge in [-0.05, 0) is 36.8 Å². The number of amides is 1. The van der Waals surface area contributed by atoms with E-state index in [0.29, 0.717) is 37.4 Å². The number of nitrogens with zero attached hydrogens (tertiary/aromatic N) is 3. The number of carbonyl (C=O) groups is 1. The average molecular weight is 367 g/mol. The largest absolute Gasteiger partial charge is 0.416 e. The molecule has 0 N–H and O–H groups in total. The van der Waals surface area contributed by atoms with Crippen molar-refractivity contribution in [2.24, 2.45) is 0 Å². The predicted molar refractivity (Wildman–Crippen MR) is 88.5 cm³/mol. The third-order valence-electron chi connectivity index (χ3n) is 4.37. The number of benzene rings is 1. The van der Waals surface area contributed by atoms with Crippen molar-refractivity contribution >= 4 is 11.6 Å². The number of hydrogen-bond donors (Lipinski definition) is 0. The van der Waals surface area contributed by atoms with Gasteiger partial charge in [-0.2, -0.15) is 13.2 Å². The number of piperazine rings is 1. The van der Waals surface area contributed by atoms with E-state index in [1.807, 2.05) is 4.90 Å². The van der Waals surface area contributed by atoms with Gasteiger partial charge in [-0.25, -0.2) is 9.37 Å². The minimum Gasteiger partial charge on any atom is -0.368 e. The Morgan fingerprint density at radius 1 is 1.12 bits per heavy atom. The lowest BCUT2D eigenvalue weighted by atomic mass is 10.1. The molecule has 8 heteroatoms. The van der Waals surface area contributed by atoms with Gasteiger partial charge >= 0.3 is 6.18 Å². The lowest BCUT2D eigenvalue weighted by Crippen LogP contribution is -2.49. The molecule has 0 aliphatic carbocycles. The van der Waals surface area contributed by atoms with Gasteiger partial charge in [-0.3, -0.25) is 4.79 Å². The van der Waals surface area contributed by atoms with Gasteiger partial charge in [0.15, 0.2) is 0 Å². The van der Waals surface area contributed by atoms with Crippen LogP contribution in [0.5, 0.6) is 0 Å². The summed E-state index contributed by atoms with van der Waals surface area (Å²) in [6.07, 6.45) is -3.37. The minimum atomic E-state index is -4.39. The molecule has 1 aromatic heterocycles. The Bertz CT molecular complexity index is 814. The van der Waals surface area contributed by atoms with Crippen LogP contribution in [-0.2, 0) is 6.18 Å². The molecule has 1 aromatic carbocycles. The Kier molecular flexibility index (Phi) is 4.84. The number of rotatable bonds is 2. The summed E-state index contributed by atoms with van der Waals surface area (Å²) in [7, 11) is 0. The van der Waals surface area contributed by atoms with Crippen LogP contribution in [0.2, 0.25) is 0 Å². The maximum atomic E-state index is 13.3. The summed E-state index contributed by atoms with van der Waals surface area (Å²) < 4.78 is 51.8. The molecule has 0 unspecified atom stereocenters. The smallest absolute Gasteiger partial charge is 0.368 e. The number of aromatic nitrogens is 1. The Hall–Kier alpha value is -2.64. The summed E-state index contributed by atoms with van der Waals surface area (Å²) in [6.45, 7) is 3.08. The van der Waals surface area contributed by atoms with Crippen molar-refractivity contribution in [1.29, 1.82) is 0 Å². The van der Waals surface area contributed by atoms with E-state index in [0.717, 1.165) is 18.3 Å². The summed E-state index contributed by atoms with van der Waals surface area (Å²) in [5.74, 6) is -0.785. The first-order valence-electron chi connectivity index (χ1n) is 8.09. The fourth-order valence-electron chi connectivity index (χ4n) is 2.86. The highest BCUT2D eigenvalue weighted by Crippen LogP contribution is 2.31. The number of halogens is 4. The first-order chi connectivity index (χ1) is 12.3. The van der Waals surface area contributed by atoms with Gasteiger partial charge in [0.25, 0.3) is 5.91 Å². The molecule has 0 bridgehead atoms. The number of alkyl halides is 3. The maximum Gasteiger partial charge on any atom is 0.416 e. The van der Waals surface area contributed by atoms with E-state index in [1.54, 1.807) is 17.9 Å². The summed E-state index contributed by atoms with van der Waals surface area (Å²) >= 11 is 0. The average Bonchev–Trinajstić information content (AvgIpc) is 2.63. The zero-order valence-electron chi connectivity index (χ0n) is 14.1. The number of anilines is 1. The van der Waals surface area contributed by atoms with Gasteiger partial charge < -0.3 is 9.80 Å². The summed E-state index contributed by atoms with van der Waals surface area (Å²) in [5, 5.41) is 0. The second-order valence-electron chi connectivity index (χ2n) is 6.15. The molecule has 0 atom stereocenters. The molecule has 1 amide bonds. The van der Waals surface area contributed by atoms with E-state index in [9.17, 15) is 22.4 Å². The number of hydrogen-bond acceptors (Lipinski definition) is 3. The fourth-order valence-corrected chi connectivity index (χ4v) is 2.86. The quantitative estimate of drug-likeness (QED) is 0.763. The molecule has 1 saturated heterocycles. The third-order valence-corrected chi connectivity index (χ3v) is 4.37. The first-order valence-corrected chi connectivity index (χ1v) is 8.09. The van der Waals surface area contributed by atoms with E-state index in [4.69, 9.17) is 0 Å². The predicted octanol–water partition coefficient (Wildman–Crippen LogP) is 3.51. The lowest BCUT2D eigenvalue weighted by Gasteiger charge is -2.36. The Morgan fingerprint density at radius 2 is 1.81 bits per heavy atom. The molecule has 2 aromatic rings. The molecule has 0 saturated carbocycles. The zero-order chi connectivity index (χ0) is 18.9. The fraction of sp³-hybridized carbons (Fsp3) is 0.333. The maximum absolute atomic E-state index is 13.3.